The molecule has 1 N–H and O–H groups in total. The van der Waals surface area contributed by atoms with E-state index in [1.807, 2.05) is 43.4 Å². The monoisotopic (exact) mass is 403 g/mol. The molecule has 0 atom stereocenters. The molecule has 2 aromatic rings. The topological polar surface area (TPSA) is 21.3 Å². The van der Waals surface area contributed by atoms with Crippen molar-refractivity contribution in [3.05, 3.63) is 55.9 Å². The second-order valence-corrected chi connectivity index (χ2v) is 6.11. The first-order valence-electron chi connectivity index (χ1n) is 5.66. The van der Waals surface area contributed by atoms with Gasteiger partial charge in [-0.05, 0) is 47.2 Å². The molecule has 2 aromatic carbocycles. The van der Waals surface area contributed by atoms with E-state index in [0.29, 0.717) is 17.3 Å². The van der Waals surface area contributed by atoms with E-state index in [4.69, 9.17) is 16.3 Å². The molecule has 0 fully saturated rings. The van der Waals surface area contributed by atoms with Crippen molar-refractivity contribution in [3.8, 4) is 11.5 Å². The molecule has 0 saturated heterocycles. The zero-order valence-electron chi connectivity index (χ0n) is 10.2. The van der Waals surface area contributed by atoms with Crippen LogP contribution in [-0.2, 0) is 6.54 Å². The van der Waals surface area contributed by atoms with Crippen molar-refractivity contribution in [1.82, 2.24) is 5.32 Å². The summed E-state index contributed by atoms with van der Waals surface area (Å²) < 4.78 is 7.80. The van der Waals surface area contributed by atoms with Crippen LogP contribution in [0.3, 0.4) is 0 Å². The standard InChI is InChI=1S/C14H12Br2ClNO/c1-18-8-9-3-2-4-12(17)14(9)19-13-6-5-10(15)7-11(13)16/h2-7,18H,8H2,1H3. The number of ether oxygens (including phenoxy) is 1. The molecule has 0 aliphatic heterocycles. The highest BCUT2D eigenvalue weighted by molar-refractivity contribution is 9.11. The molecule has 0 aliphatic rings. The Morgan fingerprint density at radius 2 is 2.00 bits per heavy atom. The zero-order chi connectivity index (χ0) is 13.8. The van der Waals surface area contributed by atoms with Crippen molar-refractivity contribution < 1.29 is 4.74 Å². The lowest BCUT2D eigenvalue weighted by atomic mass is 10.2. The molecular formula is C14H12Br2ClNO. The Balaban J connectivity index is 2.37. The molecule has 0 radical (unpaired) electrons. The number of hydrogen-bond donors (Lipinski definition) is 1. The van der Waals surface area contributed by atoms with Gasteiger partial charge in [-0.15, -0.1) is 0 Å². The van der Waals surface area contributed by atoms with Gasteiger partial charge in [-0.25, -0.2) is 0 Å². The highest BCUT2D eigenvalue weighted by atomic mass is 79.9. The molecular weight excluding hydrogens is 393 g/mol. The van der Waals surface area contributed by atoms with Crippen molar-refractivity contribution in [2.75, 3.05) is 7.05 Å². The van der Waals surface area contributed by atoms with Gasteiger partial charge >= 0.3 is 0 Å². The van der Waals surface area contributed by atoms with Crippen LogP contribution >= 0.6 is 43.5 Å². The van der Waals surface area contributed by atoms with Crippen molar-refractivity contribution in [2.45, 2.75) is 6.54 Å². The van der Waals surface area contributed by atoms with Crippen LogP contribution < -0.4 is 10.1 Å². The van der Waals surface area contributed by atoms with E-state index >= 15 is 0 Å². The highest BCUT2D eigenvalue weighted by Gasteiger charge is 2.11. The lowest BCUT2D eigenvalue weighted by molar-refractivity contribution is 0.471. The lowest BCUT2D eigenvalue weighted by Crippen LogP contribution is -2.06. The van der Waals surface area contributed by atoms with E-state index in [0.717, 1.165) is 20.3 Å². The van der Waals surface area contributed by atoms with E-state index < -0.39 is 0 Å². The fourth-order valence-corrected chi connectivity index (χ4v) is 3.03. The fourth-order valence-electron chi connectivity index (χ4n) is 1.67. The molecule has 0 aromatic heterocycles. The number of para-hydroxylation sites is 1. The SMILES string of the molecule is CNCc1cccc(Cl)c1Oc1ccc(Br)cc1Br. The third-order valence-electron chi connectivity index (χ3n) is 2.52. The van der Waals surface area contributed by atoms with Crippen LogP contribution in [-0.4, -0.2) is 7.05 Å². The molecule has 5 heteroatoms. The molecule has 0 saturated carbocycles. The van der Waals surface area contributed by atoms with Gasteiger partial charge in [0.2, 0.25) is 0 Å². The number of benzene rings is 2. The van der Waals surface area contributed by atoms with E-state index in [9.17, 15) is 0 Å². The summed E-state index contributed by atoms with van der Waals surface area (Å²) in [5.41, 5.74) is 1.02. The van der Waals surface area contributed by atoms with Crippen LogP contribution in [0.5, 0.6) is 11.5 Å². The van der Waals surface area contributed by atoms with Crippen molar-refractivity contribution in [2.24, 2.45) is 0 Å². The molecule has 19 heavy (non-hydrogen) atoms. The van der Waals surface area contributed by atoms with E-state index in [2.05, 4.69) is 37.2 Å². The van der Waals surface area contributed by atoms with Gasteiger partial charge in [-0.2, -0.15) is 0 Å². The Hall–Kier alpha value is -0.550. The van der Waals surface area contributed by atoms with Gasteiger partial charge in [-0.3, -0.25) is 0 Å². The summed E-state index contributed by atoms with van der Waals surface area (Å²) in [7, 11) is 1.89. The predicted molar refractivity (Wildman–Crippen MR) is 86.1 cm³/mol. The molecule has 2 nitrogen and oxygen atoms in total. The fraction of sp³-hybridized carbons (Fsp3) is 0.143. The molecule has 0 aliphatic carbocycles. The summed E-state index contributed by atoms with van der Waals surface area (Å²) in [6.07, 6.45) is 0. The molecule has 2 rings (SSSR count). The molecule has 100 valence electrons. The van der Waals surface area contributed by atoms with E-state index in [-0.39, 0.29) is 0 Å². The first kappa shape index (κ1) is 14.9. The summed E-state index contributed by atoms with van der Waals surface area (Å²) in [5.74, 6) is 1.41. The average Bonchev–Trinajstić information content (AvgIpc) is 2.36. The predicted octanol–water partition coefficient (Wildman–Crippen LogP) is 5.38. The smallest absolute Gasteiger partial charge is 0.150 e. The van der Waals surface area contributed by atoms with Gasteiger partial charge in [0.25, 0.3) is 0 Å². The second-order valence-electron chi connectivity index (χ2n) is 3.94. The first-order chi connectivity index (χ1) is 9.11. The Labute approximate surface area is 134 Å². The third kappa shape index (κ3) is 3.72. The van der Waals surface area contributed by atoms with Crippen molar-refractivity contribution in [1.29, 1.82) is 0 Å². The Kier molecular flexibility index (Phi) is 5.28. The van der Waals surface area contributed by atoms with Crippen LogP contribution in [0.2, 0.25) is 5.02 Å². The van der Waals surface area contributed by atoms with Gasteiger partial charge < -0.3 is 10.1 Å². The Morgan fingerprint density at radius 1 is 1.21 bits per heavy atom. The average molecular weight is 406 g/mol. The van der Waals surface area contributed by atoms with Gasteiger partial charge in [0.05, 0.1) is 9.50 Å². The summed E-state index contributed by atoms with van der Waals surface area (Å²) in [6, 6.07) is 11.5. The molecule has 0 amide bonds. The maximum absolute atomic E-state index is 6.22. The first-order valence-corrected chi connectivity index (χ1v) is 7.63. The van der Waals surface area contributed by atoms with Crippen molar-refractivity contribution in [3.63, 3.8) is 0 Å². The highest BCUT2D eigenvalue weighted by Crippen LogP contribution is 2.37. The van der Waals surface area contributed by atoms with Gasteiger partial charge in [0, 0.05) is 16.6 Å². The Morgan fingerprint density at radius 3 is 2.68 bits per heavy atom. The third-order valence-corrected chi connectivity index (χ3v) is 3.93. The number of rotatable bonds is 4. The van der Waals surface area contributed by atoms with Gasteiger partial charge in [0.1, 0.15) is 5.75 Å². The molecule has 0 bridgehead atoms. The minimum Gasteiger partial charge on any atom is -0.454 e. The minimum atomic E-state index is 0.600. The van der Waals surface area contributed by atoms with E-state index in [1.165, 1.54) is 0 Å². The van der Waals surface area contributed by atoms with Gasteiger partial charge in [0.15, 0.2) is 5.75 Å². The van der Waals surface area contributed by atoms with Crippen LogP contribution in [0.25, 0.3) is 0 Å². The van der Waals surface area contributed by atoms with Crippen LogP contribution in [0.4, 0.5) is 0 Å². The quantitative estimate of drug-likeness (QED) is 0.738. The number of hydrogen-bond acceptors (Lipinski definition) is 2. The summed E-state index contributed by atoms with van der Waals surface area (Å²) in [4.78, 5) is 0. The zero-order valence-corrected chi connectivity index (χ0v) is 14.1. The van der Waals surface area contributed by atoms with E-state index in [1.54, 1.807) is 0 Å². The summed E-state index contributed by atoms with van der Waals surface area (Å²) >= 11 is 13.1. The molecule has 0 spiro atoms. The van der Waals surface area contributed by atoms with Gasteiger partial charge in [-0.1, -0.05) is 39.7 Å². The maximum atomic E-state index is 6.22. The molecule has 0 heterocycles. The number of nitrogens with one attached hydrogen (secondary N) is 1. The van der Waals surface area contributed by atoms with Crippen LogP contribution in [0.15, 0.2) is 45.3 Å². The normalized spacial score (nSPS) is 10.5. The maximum Gasteiger partial charge on any atom is 0.150 e. The van der Waals surface area contributed by atoms with Crippen molar-refractivity contribution >= 4 is 43.5 Å². The van der Waals surface area contributed by atoms with Crippen LogP contribution in [0, 0.1) is 0 Å². The summed E-state index contributed by atoms with van der Waals surface area (Å²) in [5, 5.41) is 3.70. The molecule has 0 unspecified atom stereocenters. The minimum absolute atomic E-state index is 0.600. The second kappa shape index (κ2) is 6.75. The van der Waals surface area contributed by atoms with Crippen LogP contribution in [0.1, 0.15) is 5.56 Å². The Bertz CT molecular complexity index is 590. The number of halogens is 3. The summed E-state index contributed by atoms with van der Waals surface area (Å²) in [6.45, 7) is 0.698. The largest absolute Gasteiger partial charge is 0.454 e. The lowest BCUT2D eigenvalue weighted by Gasteiger charge is -2.14.